The van der Waals surface area contributed by atoms with Crippen LogP contribution in [0.25, 0.3) is 22.3 Å². The zero-order chi connectivity index (χ0) is 30.4. The maximum absolute atomic E-state index is 6.95. The van der Waals surface area contributed by atoms with Gasteiger partial charge in [0.25, 0.3) is 0 Å². The lowest BCUT2D eigenvalue weighted by Gasteiger charge is -2.30. The van der Waals surface area contributed by atoms with Gasteiger partial charge in [0.15, 0.2) is 0 Å². The molecule has 0 heterocycles. The van der Waals surface area contributed by atoms with Crippen molar-refractivity contribution in [3.05, 3.63) is 193 Å². The zero-order valence-electron chi connectivity index (χ0n) is 24.7. The van der Waals surface area contributed by atoms with Crippen molar-refractivity contribution in [3.63, 3.8) is 0 Å². The molecular weight excluding hydrogens is 568 g/mol. The number of hydrogen-bond donors (Lipinski definition) is 0. The summed E-state index contributed by atoms with van der Waals surface area (Å²) in [7, 11) is 0. The first-order valence-electron chi connectivity index (χ1n) is 15.0. The van der Waals surface area contributed by atoms with E-state index in [0.717, 1.165) is 34.1 Å². The maximum atomic E-state index is 6.95. The van der Waals surface area contributed by atoms with Gasteiger partial charge in [-0.2, -0.15) is 0 Å². The molecule has 0 aliphatic heterocycles. The Morgan fingerprint density at radius 1 is 0.267 bits per heavy atom. The lowest BCUT2D eigenvalue weighted by molar-refractivity contribution is 1.25. The van der Waals surface area contributed by atoms with Gasteiger partial charge in [0.1, 0.15) is 0 Å². The second-order valence-electron chi connectivity index (χ2n) is 10.8. The van der Waals surface area contributed by atoms with Gasteiger partial charge >= 0.3 is 0 Å². The minimum atomic E-state index is 0.658. The first-order chi connectivity index (χ1) is 22.2. The summed E-state index contributed by atoms with van der Waals surface area (Å²) in [6, 6.07) is 65.5. The van der Waals surface area contributed by atoms with E-state index in [2.05, 4.69) is 161 Å². The van der Waals surface area contributed by atoms with Gasteiger partial charge in [0.05, 0.1) is 0 Å². The van der Waals surface area contributed by atoms with E-state index in [-0.39, 0.29) is 0 Å². The largest absolute Gasteiger partial charge is 0.310 e. The number of nitrogens with zero attached hydrogens (tertiary/aromatic N) is 2. The van der Waals surface area contributed by atoms with E-state index in [1.165, 1.54) is 22.3 Å². The molecule has 0 radical (unpaired) electrons. The third-order valence-electron chi connectivity index (χ3n) is 7.88. The van der Waals surface area contributed by atoms with Crippen molar-refractivity contribution in [2.45, 2.75) is 0 Å². The SMILES string of the molecule is Clc1cc(N(c2ccccc2)c2ccc(-c3ccccc3)cc2)cc(N(c2ccccc2)c2ccc(-c3ccccc3)cc2)c1. The fraction of sp³-hybridized carbons (Fsp3) is 0. The highest BCUT2D eigenvalue weighted by Gasteiger charge is 2.18. The molecule has 2 nitrogen and oxygen atoms in total. The summed E-state index contributed by atoms with van der Waals surface area (Å²) in [6.45, 7) is 0. The fourth-order valence-corrected chi connectivity index (χ4v) is 5.96. The molecule has 0 amide bonds. The molecule has 0 saturated heterocycles. The lowest BCUT2D eigenvalue weighted by Crippen LogP contribution is -2.13. The molecule has 3 heteroatoms. The van der Waals surface area contributed by atoms with Gasteiger partial charge in [-0.3, -0.25) is 0 Å². The van der Waals surface area contributed by atoms with Crippen LogP contribution in [0.15, 0.2) is 188 Å². The molecule has 0 spiro atoms. The molecule has 0 fully saturated rings. The van der Waals surface area contributed by atoms with Crippen LogP contribution < -0.4 is 9.80 Å². The molecular formula is C42H31ClN2. The summed E-state index contributed by atoms with van der Waals surface area (Å²) in [4.78, 5) is 4.51. The van der Waals surface area contributed by atoms with Gasteiger partial charge in [-0.1, -0.05) is 133 Å². The van der Waals surface area contributed by atoms with Crippen LogP contribution >= 0.6 is 11.6 Å². The normalized spacial score (nSPS) is 10.8. The molecule has 0 aromatic heterocycles. The second kappa shape index (κ2) is 13.0. The first-order valence-corrected chi connectivity index (χ1v) is 15.4. The van der Waals surface area contributed by atoms with Gasteiger partial charge in [0, 0.05) is 39.1 Å². The zero-order valence-corrected chi connectivity index (χ0v) is 25.4. The van der Waals surface area contributed by atoms with E-state index in [4.69, 9.17) is 11.6 Å². The predicted molar refractivity (Wildman–Crippen MR) is 192 cm³/mol. The van der Waals surface area contributed by atoms with Gasteiger partial charge < -0.3 is 9.80 Å². The standard InChI is InChI=1S/C42H31ClN2/c43-36-29-41(44(37-17-9-3-10-18-37)39-25-21-34(22-26-39)32-13-5-1-6-14-32)31-42(30-36)45(38-19-11-4-12-20-38)40-27-23-35(24-28-40)33-15-7-2-8-16-33/h1-31H. The van der Waals surface area contributed by atoms with Crippen LogP contribution in [0.2, 0.25) is 5.02 Å². The highest BCUT2D eigenvalue weighted by Crippen LogP contribution is 2.42. The molecule has 0 aliphatic carbocycles. The maximum Gasteiger partial charge on any atom is 0.0497 e. The van der Waals surface area contributed by atoms with Crippen LogP contribution in [0.4, 0.5) is 34.1 Å². The smallest absolute Gasteiger partial charge is 0.0497 e. The Morgan fingerprint density at radius 2 is 0.556 bits per heavy atom. The summed E-state index contributed by atoms with van der Waals surface area (Å²) in [5.41, 5.74) is 10.9. The van der Waals surface area contributed by atoms with Crippen molar-refractivity contribution in [2.24, 2.45) is 0 Å². The fourth-order valence-electron chi connectivity index (χ4n) is 5.73. The Bertz CT molecular complexity index is 1830. The number of rotatable bonds is 8. The van der Waals surface area contributed by atoms with Crippen molar-refractivity contribution in [1.29, 1.82) is 0 Å². The number of anilines is 6. The van der Waals surface area contributed by atoms with Crippen molar-refractivity contribution < 1.29 is 0 Å². The summed E-state index contributed by atoms with van der Waals surface area (Å²) in [5.74, 6) is 0. The minimum absolute atomic E-state index is 0.658. The molecule has 0 aliphatic rings. The average molecular weight is 599 g/mol. The minimum Gasteiger partial charge on any atom is -0.310 e. The van der Waals surface area contributed by atoms with Crippen LogP contribution in [-0.2, 0) is 0 Å². The van der Waals surface area contributed by atoms with Crippen LogP contribution in [0.5, 0.6) is 0 Å². The third kappa shape index (κ3) is 6.24. The Morgan fingerprint density at radius 3 is 0.911 bits per heavy atom. The molecule has 7 aromatic rings. The van der Waals surface area contributed by atoms with Crippen LogP contribution in [-0.4, -0.2) is 0 Å². The number of para-hydroxylation sites is 2. The highest BCUT2D eigenvalue weighted by molar-refractivity contribution is 6.31. The van der Waals surface area contributed by atoms with E-state index < -0.39 is 0 Å². The van der Waals surface area contributed by atoms with Crippen molar-refractivity contribution in [2.75, 3.05) is 9.80 Å². The Hall–Kier alpha value is -5.57. The molecule has 7 rings (SSSR count). The van der Waals surface area contributed by atoms with E-state index in [1.54, 1.807) is 0 Å². The molecule has 45 heavy (non-hydrogen) atoms. The second-order valence-corrected chi connectivity index (χ2v) is 11.3. The average Bonchev–Trinajstić information content (AvgIpc) is 3.11. The number of hydrogen-bond acceptors (Lipinski definition) is 2. The van der Waals surface area contributed by atoms with Crippen molar-refractivity contribution in [1.82, 2.24) is 0 Å². The molecule has 216 valence electrons. The number of benzene rings is 7. The topological polar surface area (TPSA) is 6.48 Å². The number of halogens is 1. The Kier molecular flexibility index (Phi) is 8.13. The molecule has 0 saturated carbocycles. The summed E-state index contributed by atoms with van der Waals surface area (Å²) < 4.78 is 0. The quantitative estimate of drug-likeness (QED) is 0.172. The summed E-state index contributed by atoms with van der Waals surface area (Å²) >= 11 is 6.95. The molecule has 0 atom stereocenters. The van der Waals surface area contributed by atoms with Gasteiger partial charge in [-0.25, -0.2) is 0 Å². The molecule has 0 unspecified atom stereocenters. The van der Waals surface area contributed by atoms with Gasteiger partial charge in [-0.05, 0) is 89.0 Å². The van der Waals surface area contributed by atoms with Gasteiger partial charge in [-0.15, -0.1) is 0 Å². The van der Waals surface area contributed by atoms with Crippen LogP contribution in [0.1, 0.15) is 0 Å². The van der Waals surface area contributed by atoms with Gasteiger partial charge in [0.2, 0.25) is 0 Å². The monoisotopic (exact) mass is 598 g/mol. The molecule has 0 N–H and O–H groups in total. The van der Waals surface area contributed by atoms with E-state index >= 15 is 0 Å². The summed E-state index contributed by atoms with van der Waals surface area (Å²) in [5, 5.41) is 0.658. The van der Waals surface area contributed by atoms with Crippen LogP contribution in [0.3, 0.4) is 0 Å². The van der Waals surface area contributed by atoms with Crippen molar-refractivity contribution >= 4 is 45.7 Å². The van der Waals surface area contributed by atoms with E-state index in [9.17, 15) is 0 Å². The van der Waals surface area contributed by atoms with Crippen LogP contribution in [0, 0.1) is 0 Å². The highest BCUT2D eigenvalue weighted by atomic mass is 35.5. The molecule has 7 aromatic carbocycles. The van der Waals surface area contributed by atoms with E-state index in [1.807, 2.05) is 36.4 Å². The predicted octanol–water partition coefficient (Wildman–Crippen LogP) is 12.6. The third-order valence-corrected chi connectivity index (χ3v) is 8.10. The Labute approximate surface area is 270 Å². The Balaban J connectivity index is 1.33. The van der Waals surface area contributed by atoms with Crippen molar-refractivity contribution in [3.8, 4) is 22.3 Å². The first kappa shape index (κ1) is 28.2. The summed E-state index contributed by atoms with van der Waals surface area (Å²) in [6.07, 6.45) is 0. The van der Waals surface area contributed by atoms with E-state index in [0.29, 0.717) is 5.02 Å². The molecule has 0 bridgehead atoms. The lowest BCUT2D eigenvalue weighted by atomic mass is 10.0.